The fourth-order valence-electron chi connectivity index (χ4n) is 4.27. The molecule has 3 heterocycles. The van der Waals surface area contributed by atoms with Gasteiger partial charge < -0.3 is 20.1 Å². The third kappa shape index (κ3) is 3.68. The molecule has 2 aromatic heterocycles. The molecule has 4 rings (SSSR count). The number of hydrogen-bond donors (Lipinski definition) is 2. The highest BCUT2D eigenvalue weighted by atomic mass is 32.1. The van der Waals surface area contributed by atoms with Gasteiger partial charge in [0, 0.05) is 16.0 Å². The third-order valence-corrected chi connectivity index (χ3v) is 7.55. The molecule has 0 unspecified atom stereocenters. The summed E-state index contributed by atoms with van der Waals surface area (Å²) in [6.07, 6.45) is 0.756. The van der Waals surface area contributed by atoms with Crippen molar-refractivity contribution in [2.75, 3.05) is 19.0 Å². The van der Waals surface area contributed by atoms with Crippen LogP contribution in [0.4, 0.5) is 10.1 Å². The zero-order chi connectivity index (χ0) is 21.7. The van der Waals surface area contributed by atoms with E-state index in [1.165, 1.54) is 11.3 Å². The second-order valence-electron chi connectivity index (χ2n) is 8.60. The van der Waals surface area contributed by atoms with E-state index in [1.54, 1.807) is 18.4 Å². The van der Waals surface area contributed by atoms with Crippen molar-refractivity contribution in [1.29, 1.82) is 0 Å². The number of thiazole rings is 1. The van der Waals surface area contributed by atoms with Crippen molar-refractivity contribution >= 4 is 49.0 Å². The highest BCUT2D eigenvalue weighted by molar-refractivity contribution is 7.23. The van der Waals surface area contributed by atoms with Crippen LogP contribution in [0.3, 0.4) is 0 Å². The van der Waals surface area contributed by atoms with E-state index in [4.69, 9.17) is 14.5 Å². The van der Waals surface area contributed by atoms with Crippen molar-refractivity contribution in [3.05, 3.63) is 34.2 Å². The third-order valence-electron chi connectivity index (χ3n) is 5.15. The summed E-state index contributed by atoms with van der Waals surface area (Å²) in [4.78, 5) is 18.8. The number of para-hydroxylation sites is 1. The number of rotatable bonds is 5. The molecule has 0 bridgehead atoms. The monoisotopic (exact) mass is 445 g/mol. The first-order valence-corrected chi connectivity index (χ1v) is 11.6. The van der Waals surface area contributed by atoms with Gasteiger partial charge in [-0.15, -0.1) is 11.3 Å². The number of esters is 1. The summed E-state index contributed by atoms with van der Waals surface area (Å²) in [5.41, 5.74) is 2.13. The van der Waals surface area contributed by atoms with Gasteiger partial charge in [0.25, 0.3) is 0 Å². The SMILES string of the molecule is CCOC(=O)c1c(Nc2nc3c(OC)cccc3s2)sc2c1CC(C)(C)NC2(C)C. The molecule has 0 amide bonds. The molecule has 160 valence electrons. The van der Waals surface area contributed by atoms with Crippen molar-refractivity contribution in [2.24, 2.45) is 0 Å². The Balaban J connectivity index is 1.82. The molecular formula is C22H27N3O3S2. The second-order valence-corrected chi connectivity index (χ2v) is 10.6. The standard InChI is InChI=1S/C22H27N3O3S2/c1-7-28-19(26)15-12-11-21(2,3)25-22(4,5)17(12)30-18(15)24-20-23-16-13(27-6)9-8-10-14(16)29-20/h8-10,25H,7,11H2,1-6H3,(H,23,24). The molecule has 30 heavy (non-hydrogen) atoms. The minimum atomic E-state index is -0.287. The van der Waals surface area contributed by atoms with E-state index in [-0.39, 0.29) is 17.0 Å². The van der Waals surface area contributed by atoms with Crippen molar-refractivity contribution < 1.29 is 14.3 Å². The van der Waals surface area contributed by atoms with Crippen LogP contribution in [0.5, 0.6) is 5.75 Å². The highest BCUT2D eigenvalue weighted by Crippen LogP contribution is 2.46. The van der Waals surface area contributed by atoms with Gasteiger partial charge in [-0.25, -0.2) is 9.78 Å². The van der Waals surface area contributed by atoms with E-state index >= 15 is 0 Å². The number of carbonyl (C=O) groups excluding carboxylic acids is 1. The molecule has 1 aliphatic rings. The average molecular weight is 446 g/mol. The van der Waals surface area contributed by atoms with Crippen LogP contribution in [0.25, 0.3) is 10.2 Å². The first-order valence-electron chi connectivity index (χ1n) is 9.98. The molecule has 0 aliphatic carbocycles. The number of methoxy groups -OCH3 is 1. The van der Waals surface area contributed by atoms with Crippen LogP contribution in [-0.4, -0.2) is 30.2 Å². The minimum Gasteiger partial charge on any atom is -0.494 e. The van der Waals surface area contributed by atoms with Gasteiger partial charge in [0.1, 0.15) is 16.3 Å². The van der Waals surface area contributed by atoms with Gasteiger partial charge in [-0.3, -0.25) is 0 Å². The number of ether oxygens (including phenoxy) is 2. The number of carbonyl (C=O) groups is 1. The number of nitrogens with one attached hydrogen (secondary N) is 2. The lowest BCUT2D eigenvalue weighted by molar-refractivity contribution is 0.0525. The van der Waals surface area contributed by atoms with Crippen molar-refractivity contribution in [3.63, 3.8) is 0 Å². The Morgan fingerprint density at radius 3 is 2.73 bits per heavy atom. The summed E-state index contributed by atoms with van der Waals surface area (Å²) in [5, 5.41) is 8.62. The highest BCUT2D eigenvalue weighted by Gasteiger charge is 2.42. The van der Waals surface area contributed by atoms with Gasteiger partial charge in [0.2, 0.25) is 0 Å². The van der Waals surface area contributed by atoms with E-state index in [0.717, 1.165) is 43.0 Å². The van der Waals surface area contributed by atoms with Crippen LogP contribution in [0, 0.1) is 0 Å². The molecule has 6 nitrogen and oxygen atoms in total. The van der Waals surface area contributed by atoms with E-state index < -0.39 is 0 Å². The molecule has 8 heteroatoms. The molecule has 0 atom stereocenters. The molecule has 0 fully saturated rings. The Kier molecular flexibility index (Phi) is 5.28. The number of fused-ring (bicyclic) bond motifs is 2. The van der Waals surface area contributed by atoms with Crippen molar-refractivity contribution in [2.45, 2.75) is 52.1 Å². The smallest absolute Gasteiger partial charge is 0.341 e. The Morgan fingerprint density at radius 2 is 2.03 bits per heavy atom. The van der Waals surface area contributed by atoms with Gasteiger partial charge in [-0.2, -0.15) is 0 Å². The predicted molar refractivity (Wildman–Crippen MR) is 124 cm³/mol. The van der Waals surface area contributed by atoms with Crippen LogP contribution in [-0.2, 0) is 16.7 Å². The van der Waals surface area contributed by atoms with Crippen LogP contribution >= 0.6 is 22.7 Å². The Labute approximate surface area is 184 Å². The molecule has 0 spiro atoms. The predicted octanol–water partition coefficient (Wildman–Crippen LogP) is 5.45. The molecule has 1 aliphatic heterocycles. The lowest BCUT2D eigenvalue weighted by atomic mass is 9.81. The molecule has 0 saturated heterocycles. The first-order chi connectivity index (χ1) is 14.1. The Hall–Kier alpha value is -2.16. The maximum absolute atomic E-state index is 13.0. The van der Waals surface area contributed by atoms with E-state index in [1.807, 2.05) is 25.1 Å². The topological polar surface area (TPSA) is 72.5 Å². The summed E-state index contributed by atoms with van der Waals surface area (Å²) in [6, 6.07) is 5.87. The van der Waals surface area contributed by atoms with Crippen molar-refractivity contribution in [1.82, 2.24) is 10.3 Å². The largest absolute Gasteiger partial charge is 0.494 e. The zero-order valence-electron chi connectivity index (χ0n) is 18.1. The van der Waals surface area contributed by atoms with Crippen LogP contribution in [0.2, 0.25) is 0 Å². The van der Waals surface area contributed by atoms with Crippen LogP contribution in [0.15, 0.2) is 18.2 Å². The summed E-state index contributed by atoms with van der Waals surface area (Å²) in [7, 11) is 1.64. The van der Waals surface area contributed by atoms with Crippen molar-refractivity contribution in [3.8, 4) is 5.75 Å². The van der Waals surface area contributed by atoms with Crippen LogP contribution < -0.4 is 15.4 Å². The molecule has 1 aromatic carbocycles. The van der Waals surface area contributed by atoms with Gasteiger partial charge in [0.05, 0.1) is 24.0 Å². The van der Waals surface area contributed by atoms with Gasteiger partial charge >= 0.3 is 5.97 Å². The number of benzene rings is 1. The molecule has 3 aromatic rings. The Bertz CT molecular complexity index is 1110. The molecule has 0 saturated carbocycles. The van der Waals surface area contributed by atoms with Gasteiger partial charge in [-0.1, -0.05) is 17.4 Å². The lowest BCUT2D eigenvalue weighted by Crippen LogP contribution is -2.55. The van der Waals surface area contributed by atoms with E-state index in [9.17, 15) is 4.79 Å². The second kappa shape index (κ2) is 7.51. The molecule has 0 radical (unpaired) electrons. The fourth-order valence-corrected chi connectivity index (χ4v) is 6.49. The minimum absolute atomic E-state index is 0.126. The summed E-state index contributed by atoms with van der Waals surface area (Å²) < 4.78 is 11.9. The van der Waals surface area contributed by atoms with E-state index in [2.05, 4.69) is 38.3 Å². The maximum atomic E-state index is 13.0. The number of anilines is 2. The summed E-state index contributed by atoms with van der Waals surface area (Å²) in [5.74, 6) is 0.449. The van der Waals surface area contributed by atoms with E-state index in [0.29, 0.717) is 12.2 Å². The summed E-state index contributed by atoms with van der Waals surface area (Å²) in [6.45, 7) is 10.8. The fraction of sp³-hybridized carbons (Fsp3) is 0.455. The Morgan fingerprint density at radius 1 is 1.27 bits per heavy atom. The van der Waals surface area contributed by atoms with Gasteiger partial charge in [0.15, 0.2) is 5.13 Å². The first kappa shape index (κ1) is 21.1. The number of hydrogen-bond acceptors (Lipinski definition) is 8. The normalized spacial score (nSPS) is 16.9. The maximum Gasteiger partial charge on any atom is 0.341 e. The summed E-state index contributed by atoms with van der Waals surface area (Å²) >= 11 is 3.14. The average Bonchev–Trinajstić information content (AvgIpc) is 3.21. The lowest BCUT2D eigenvalue weighted by Gasteiger charge is -2.42. The number of thiophene rings is 1. The molecular weight excluding hydrogens is 418 g/mol. The zero-order valence-corrected chi connectivity index (χ0v) is 19.8. The quantitative estimate of drug-likeness (QED) is 0.509. The number of nitrogens with zero attached hydrogens (tertiary/aromatic N) is 1. The molecule has 2 N–H and O–H groups in total. The number of aromatic nitrogens is 1. The van der Waals surface area contributed by atoms with Crippen LogP contribution in [0.1, 0.15) is 55.4 Å². The van der Waals surface area contributed by atoms with Gasteiger partial charge in [-0.05, 0) is 58.7 Å².